The molecule has 1 atom stereocenters. The molecular weight excluding hydrogens is 394 g/mol. The lowest BCUT2D eigenvalue weighted by molar-refractivity contribution is 0.122. The average Bonchev–Trinajstić information content (AvgIpc) is 2.83. The van der Waals surface area contributed by atoms with Gasteiger partial charge in [0.25, 0.3) is 0 Å². The fraction of sp³-hybridized carbons (Fsp3) is 0.357. The summed E-state index contributed by atoms with van der Waals surface area (Å²) in [7, 11) is 0. The molecule has 32 heavy (non-hydrogen) atoms. The van der Waals surface area contributed by atoms with Crippen LogP contribution in [-0.2, 0) is 4.74 Å². The van der Waals surface area contributed by atoms with E-state index in [-0.39, 0.29) is 6.04 Å². The third kappa shape index (κ3) is 4.61. The number of hydrogen-bond donors (Lipinski definition) is 2. The highest BCUT2D eigenvalue weighted by atomic mass is 16.5. The number of nitrogens with zero attached hydrogens (tertiary/aromatic N) is 1. The molecular formula is C28H33N3O. The number of rotatable bonds is 6. The Balaban J connectivity index is 1.36. The third-order valence-electron chi connectivity index (χ3n) is 6.39. The largest absolute Gasteiger partial charge is 0.385 e. The summed E-state index contributed by atoms with van der Waals surface area (Å²) in [5, 5.41) is 9.92. The van der Waals surface area contributed by atoms with Crippen LogP contribution in [0.4, 0.5) is 17.1 Å². The second kappa shape index (κ2) is 9.25. The highest BCUT2D eigenvalue weighted by Crippen LogP contribution is 2.35. The lowest BCUT2D eigenvalue weighted by Crippen LogP contribution is -2.36. The van der Waals surface area contributed by atoms with Gasteiger partial charge in [-0.05, 0) is 82.8 Å². The molecule has 1 heterocycles. The Morgan fingerprint density at radius 3 is 2.50 bits per heavy atom. The zero-order chi connectivity index (χ0) is 21.9. The molecule has 0 amide bonds. The van der Waals surface area contributed by atoms with E-state index in [1.54, 1.807) is 0 Å². The molecule has 3 aromatic rings. The molecule has 0 spiro atoms. The van der Waals surface area contributed by atoms with Crippen molar-refractivity contribution in [2.24, 2.45) is 5.92 Å². The van der Waals surface area contributed by atoms with E-state index in [2.05, 4.69) is 96.1 Å². The van der Waals surface area contributed by atoms with Crippen LogP contribution in [0.1, 0.15) is 37.4 Å². The van der Waals surface area contributed by atoms with E-state index >= 15 is 0 Å². The molecule has 4 nitrogen and oxygen atoms in total. The van der Waals surface area contributed by atoms with Crippen molar-refractivity contribution >= 4 is 33.9 Å². The van der Waals surface area contributed by atoms with Crippen LogP contribution >= 0.6 is 0 Å². The number of nitrogens with one attached hydrogen (secondary N) is 2. The van der Waals surface area contributed by atoms with E-state index in [0.717, 1.165) is 39.3 Å². The minimum Gasteiger partial charge on any atom is -0.385 e. The number of anilines is 3. The molecule has 2 N–H and O–H groups in total. The van der Waals surface area contributed by atoms with Gasteiger partial charge >= 0.3 is 0 Å². The molecule has 4 heteroatoms. The van der Waals surface area contributed by atoms with Gasteiger partial charge in [-0.1, -0.05) is 32.1 Å². The summed E-state index contributed by atoms with van der Waals surface area (Å²) in [6.07, 6.45) is 5.54. The highest BCUT2D eigenvalue weighted by molar-refractivity contribution is 5.89. The van der Waals surface area contributed by atoms with Crippen LogP contribution in [0.2, 0.25) is 0 Å². The van der Waals surface area contributed by atoms with Gasteiger partial charge in [-0.2, -0.15) is 0 Å². The molecule has 0 aromatic heterocycles. The van der Waals surface area contributed by atoms with Crippen LogP contribution in [0.25, 0.3) is 16.8 Å². The number of hydrogen-bond acceptors (Lipinski definition) is 4. The Hall–Kier alpha value is -2.98. The quantitative estimate of drug-likeness (QED) is 0.483. The molecule has 2 aliphatic rings. The summed E-state index contributed by atoms with van der Waals surface area (Å²) in [4.78, 5) is 2.39. The third-order valence-corrected chi connectivity index (χ3v) is 6.39. The van der Waals surface area contributed by atoms with E-state index in [4.69, 9.17) is 4.74 Å². The molecule has 1 aliphatic carbocycles. The maximum absolute atomic E-state index is 5.48. The van der Waals surface area contributed by atoms with Gasteiger partial charge in [0.15, 0.2) is 0 Å². The van der Waals surface area contributed by atoms with Gasteiger partial charge in [-0.25, -0.2) is 0 Å². The SMILES string of the molecule is CC(C)CNc1ccc2cc3c(cc2c1)C(Nc1ccc(N2CCOCC2)cc1)CC=C3. The lowest BCUT2D eigenvalue weighted by Gasteiger charge is -2.29. The zero-order valence-electron chi connectivity index (χ0n) is 19.1. The van der Waals surface area contributed by atoms with Crippen molar-refractivity contribution in [3.05, 3.63) is 71.8 Å². The number of benzene rings is 3. The molecule has 1 saturated heterocycles. The number of ether oxygens (including phenoxy) is 1. The fourth-order valence-corrected chi connectivity index (χ4v) is 4.60. The molecule has 0 saturated carbocycles. The molecule has 166 valence electrons. The minimum atomic E-state index is 0.279. The summed E-state index contributed by atoms with van der Waals surface area (Å²) in [6, 6.07) is 20.5. The normalized spacial score (nSPS) is 18.1. The molecule has 3 aromatic carbocycles. The molecule has 1 aliphatic heterocycles. The molecule has 0 bridgehead atoms. The molecule has 5 rings (SSSR count). The van der Waals surface area contributed by atoms with Crippen molar-refractivity contribution in [3.8, 4) is 0 Å². The van der Waals surface area contributed by atoms with Crippen molar-refractivity contribution in [2.75, 3.05) is 48.4 Å². The van der Waals surface area contributed by atoms with Gasteiger partial charge in [0.1, 0.15) is 0 Å². The maximum Gasteiger partial charge on any atom is 0.0642 e. The Bertz CT molecular complexity index is 1100. The van der Waals surface area contributed by atoms with Gasteiger partial charge in [0.05, 0.1) is 19.3 Å². The van der Waals surface area contributed by atoms with Crippen LogP contribution in [0.15, 0.2) is 60.7 Å². The Morgan fingerprint density at radius 2 is 1.72 bits per heavy atom. The first-order valence-electron chi connectivity index (χ1n) is 11.8. The maximum atomic E-state index is 5.48. The van der Waals surface area contributed by atoms with E-state index in [1.807, 2.05) is 0 Å². The topological polar surface area (TPSA) is 36.5 Å². The Kier molecular flexibility index (Phi) is 6.04. The summed E-state index contributed by atoms with van der Waals surface area (Å²) >= 11 is 0. The average molecular weight is 428 g/mol. The predicted octanol–water partition coefficient (Wildman–Crippen LogP) is 6.31. The number of fused-ring (bicyclic) bond motifs is 2. The van der Waals surface area contributed by atoms with Crippen molar-refractivity contribution in [3.63, 3.8) is 0 Å². The molecule has 1 fully saturated rings. The first-order valence-corrected chi connectivity index (χ1v) is 11.8. The van der Waals surface area contributed by atoms with Crippen molar-refractivity contribution in [2.45, 2.75) is 26.3 Å². The van der Waals surface area contributed by atoms with E-state index < -0.39 is 0 Å². The highest BCUT2D eigenvalue weighted by Gasteiger charge is 2.18. The van der Waals surface area contributed by atoms with Crippen molar-refractivity contribution in [1.82, 2.24) is 0 Å². The predicted molar refractivity (Wildman–Crippen MR) is 137 cm³/mol. The number of morpholine rings is 1. The summed E-state index contributed by atoms with van der Waals surface area (Å²) in [5.74, 6) is 0.627. The van der Waals surface area contributed by atoms with Gasteiger partial charge < -0.3 is 20.3 Å². The Labute approximate surface area is 191 Å². The van der Waals surface area contributed by atoms with Gasteiger partial charge in [0, 0.05) is 36.7 Å². The van der Waals surface area contributed by atoms with Gasteiger partial charge in [0.2, 0.25) is 0 Å². The van der Waals surface area contributed by atoms with Crippen LogP contribution in [0.3, 0.4) is 0 Å². The summed E-state index contributed by atoms with van der Waals surface area (Å²) in [6.45, 7) is 9.02. The molecule has 1 unspecified atom stereocenters. The van der Waals surface area contributed by atoms with E-state index in [1.165, 1.54) is 39.0 Å². The van der Waals surface area contributed by atoms with Crippen LogP contribution in [0.5, 0.6) is 0 Å². The first kappa shape index (κ1) is 20.9. The zero-order valence-corrected chi connectivity index (χ0v) is 19.1. The van der Waals surface area contributed by atoms with Gasteiger partial charge in [-0.15, -0.1) is 0 Å². The van der Waals surface area contributed by atoms with Crippen molar-refractivity contribution in [1.29, 1.82) is 0 Å². The fourth-order valence-electron chi connectivity index (χ4n) is 4.60. The van der Waals surface area contributed by atoms with E-state index in [9.17, 15) is 0 Å². The molecule has 0 radical (unpaired) electrons. The van der Waals surface area contributed by atoms with Crippen molar-refractivity contribution < 1.29 is 4.74 Å². The first-order chi connectivity index (χ1) is 15.7. The second-order valence-corrected chi connectivity index (χ2v) is 9.30. The summed E-state index contributed by atoms with van der Waals surface area (Å²) in [5.41, 5.74) is 6.32. The van der Waals surface area contributed by atoms with Crippen LogP contribution in [0, 0.1) is 5.92 Å². The minimum absolute atomic E-state index is 0.279. The Morgan fingerprint density at radius 1 is 0.938 bits per heavy atom. The summed E-state index contributed by atoms with van der Waals surface area (Å²) < 4.78 is 5.48. The lowest BCUT2D eigenvalue weighted by atomic mass is 9.89. The van der Waals surface area contributed by atoms with Gasteiger partial charge in [-0.3, -0.25) is 0 Å². The van der Waals surface area contributed by atoms with Crippen LogP contribution < -0.4 is 15.5 Å². The second-order valence-electron chi connectivity index (χ2n) is 9.30. The van der Waals surface area contributed by atoms with E-state index in [0.29, 0.717) is 5.92 Å². The monoisotopic (exact) mass is 427 g/mol. The van der Waals surface area contributed by atoms with Crippen LogP contribution in [-0.4, -0.2) is 32.8 Å². The standard InChI is InChI=1S/C28H33N3O/c1-20(2)19-29-25-7-6-21-16-22-4-3-5-28(27(22)18-23(21)17-25)30-24-8-10-26(11-9-24)31-12-14-32-15-13-31/h3-4,6-11,16-18,20,28-30H,5,12-15,19H2,1-2H3. The smallest absolute Gasteiger partial charge is 0.0642 e.